The van der Waals surface area contributed by atoms with Gasteiger partial charge in [-0.15, -0.1) is 0 Å². The van der Waals surface area contributed by atoms with E-state index in [1.165, 1.54) is 45.1 Å². The van der Waals surface area contributed by atoms with Gasteiger partial charge in [0.1, 0.15) is 5.69 Å². The van der Waals surface area contributed by atoms with E-state index in [1.54, 1.807) is 6.07 Å². The number of esters is 1. The monoisotopic (exact) mass is 317 g/mol. The second kappa shape index (κ2) is 7.08. The third kappa shape index (κ3) is 3.52. The summed E-state index contributed by atoms with van der Waals surface area (Å²) in [5.74, 6) is -0.647. The molecule has 1 aromatic rings. The largest absolute Gasteiger partial charge is 0.464 e. The third-order valence-corrected chi connectivity index (χ3v) is 4.90. The molecule has 1 aromatic heterocycles. The number of aromatic nitrogens is 1. The molecular weight excluding hydrogens is 294 g/mol. The Hall–Kier alpha value is -1.95. The number of hydrogen-bond acceptors (Lipinski definition) is 5. The molecular formula is C17H23N3O3. The van der Waals surface area contributed by atoms with Crippen LogP contribution in [0.5, 0.6) is 0 Å². The fourth-order valence-corrected chi connectivity index (χ4v) is 3.46. The first kappa shape index (κ1) is 15.9. The van der Waals surface area contributed by atoms with E-state index in [9.17, 15) is 9.59 Å². The van der Waals surface area contributed by atoms with Gasteiger partial charge >= 0.3 is 5.97 Å². The van der Waals surface area contributed by atoms with E-state index >= 15 is 0 Å². The molecule has 1 saturated heterocycles. The molecule has 6 nitrogen and oxygen atoms in total. The van der Waals surface area contributed by atoms with Crippen LogP contribution in [0.25, 0.3) is 0 Å². The standard InChI is InChI=1S/C17H23N3O3/c1-23-17(22)15-7-6-12(10-18-15)16(21)19-11-14-8-9-20(14)13-4-2-3-5-13/h6-7,10,13-14H,2-5,8-9,11H2,1H3,(H,19,21). The Balaban J connectivity index is 1.50. The lowest BCUT2D eigenvalue weighted by atomic mass is 9.98. The second-order valence-corrected chi connectivity index (χ2v) is 6.25. The van der Waals surface area contributed by atoms with Gasteiger partial charge < -0.3 is 10.1 Å². The van der Waals surface area contributed by atoms with Crippen LogP contribution in [0.4, 0.5) is 0 Å². The van der Waals surface area contributed by atoms with Gasteiger partial charge in [-0.25, -0.2) is 9.78 Å². The molecule has 1 unspecified atom stereocenters. The van der Waals surface area contributed by atoms with Crippen molar-refractivity contribution in [3.05, 3.63) is 29.6 Å². The Kier molecular flexibility index (Phi) is 4.91. The minimum Gasteiger partial charge on any atom is -0.464 e. The highest BCUT2D eigenvalue weighted by Gasteiger charge is 2.35. The average Bonchev–Trinajstić information content (AvgIpc) is 3.07. The van der Waals surface area contributed by atoms with E-state index in [-0.39, 0.29) is 11.6 Å². The number of nitrogens with zero attached hydrogens (tertiary/aromatic N) is 2. The van der Waals surface area contributed by atoms with Crippen LogP contribution in [-0.4, -0.2) is 54.0 Å². The number of carbonyl (C=O) groups excluding carboxylic acids is 2. The average molecular weight is 317 g/mol. The molecule has 0 spiro atoms. The number of carbonyl (C=O) groups is 2. The van der Waals surface area contributed by atoms with Crippen LogP contribution in [0.15, 0.2) is 18.3 Å². The maximum Gasteiger partial charge on any atom is 0.356 e. The number of methoxy groups -OCH3 is 1. The minimum atomic E-state index is -0.501. The van der Waals surface area contributed by atoms with Crippen LogP contribution in [0.1, 0.15) is 53.0 Å². The molecule has 0 radical (unpaired) electrons. The van der Waals surface area contributed by atoms with Crippen LogP contribution >= 0.6 is 0 Å². The van der Waals surface area contributed by atoms with E-state index in [0.29, 0.717) is 24.2 Å². The van der Waals surface area contributed by atoms with Gasteiger partial charge in [-0.1, -0.05) is 12.8 Å². The molecule has 2 heterocycles. The number of pyridine rings is 1. The summed E-state index contributed by atoms with van der Waals surface area (Å²) in [7, 11) is 1.30. The molecule has 6 heteroatoms. The van der Waals surface area contributed by atoms with E-state index in [0.717, 1.165) is 13.0 Å². The topological polar surface area (TPSA) is 71.5 Å². The highest BCUT2D eigenvalue weighted by molar-refractivity contribution is 5.95. The molecule has 1 aliphatic heterocycles. The predicted molar refractivity (Wildman–Crippen MR) is 85.3 cm³/mol. The van der Waals surface area contributed by atoms with Crippen molar-refractivity contribution in [3.63, 3.8) is 0 Å². The molecule has 2 fully saturated rings. The molecule has 0 bridgehead atoms. The Morgan fingerprint density at radius 1 is 1.30 bits per heavy atom. The minimum absolute atomic E-state index is 0.146. The zero-order valence-corrected chi connectivity index (χ0v) is 13.5. The Morgan fingerprint density at radius 2 is 2.09 bits per heavy atom. The zero-order chi connectivity index (χ0) is 16.2. The molecule has 1 aliphatic carbocycles. The van der Waals surface area contributed by atoms with E-state index in [4.69, 9.17) is 0 Å². The molecule has 1 saturated carbocycles. The normalized spacial score (nSPS) is 21.7. The van der Waals surface area contributed by atoms with Crippen molar-refractivity contribution >= 4 is 11.9 Å². The number of amides is 1. The summed E-state index contributed by atoms with van der Waals surface area (Å²) >= 11 is 0. The van der Waals surface area contributed by atoms with Crippen LogP contribution in [0.2, 0.25) is 0 Å². The van der Waals surface area contributed by atoms with Crippen molar-refractivity contribution in [3.8, 4) is 0 Å². The summed E-state index contributed by atoms with van der Waals surface area (Å²) in [6, 6.07) is 4.29. The summed E-state index contributed by atoms with van der Waals surface area (Å²) in [6.07, 6.45) is 7.82. The van der Waals surface area contributed by atoms with Crippen LogP contribution < -0.4 is 5.32 Å². The molecule has 23 heavy (non-hydrogen) atoms. The fraction of sp³-hybridized carbons (Fsp3) is 0.588. The second-order valence-electron chi connectivity index (χ2n) is 6.25. The number of nitrogens with one attached hydrogen (secondary N) is 1. The smallest absolute Gasteiger partial charge is 0.356 e. The highest BCUT2D eigenvalue weighted by Crippen LogP contribution is 2.30. The number of rotatable bonds is 5. The lowest BCUT2D eigenvalue weighted by Gasteiger charge is -2.45. The summed E-state index contributed by atoms with van der Waals surface area (Å²) in [4.78, 5) is 30.0. The van der Waals surface area contributed by atoms with Crippen molar-refractivity contribution in [1.82, 2.24) is 15.2 Å². The van der Waals surface area contributed by atoms with Crippen LogP contribution in [0, 0.1) is 0 Å². The van der Waals surface area contributed by atoms with Gasteiger partial charge in [0.05, 0.1) is 12.7 Å². The molecule has 0 aromatic carbocycles. The van der Waals surface area contributed by atoms with Gasteiger partial charge in [-0.2, -0.15) is 0 Å². The molecule has 3 rings (SSSR count). The predicted octanol–water partition coefficient (Wildman–Crippen LogP) is 1.61. The lowest BCUT2D eigenvalue weighted by molar-refractivity contribution is 0.0425. The first-order valence-electron chi connectivity index (χ1n) is 8.27. The van der Waals surface area contributed by atoms with Crippen molar-refractivity contribution in [2.24, 2.45) is 0 Å². The van der Waals surface area contributed by atoms with Gasteiger partial charge in [-0.05, 0) is 31.4 Å². The number of ether oxygens (including phenoxy) is 1. The SMILES string of the molecule is COC(=O)c1ccc(C(=O)NCC2CCN2C2CCCC2)cn1. The Labute approximate surface area is 136 Å². The molecule has 124 valence electrons. The lowest BCUT2D eigenvalue weighted by Crippen LogP contribution is -2.56. The number of likely N-dealkylation sites (tertiary alicyclic amines) is 1. The summed E-state index contributed by atoms with van der Waals surface area (Å²) < 4.78 is 4.59. The molecule has 1 atom stereocenters. The van der Waals surface area contributed by atoms with E-state index < -0.39 is 5.97 Å². The van der Waals surface area contributed by atoms with Gasteiger partial charge in [0.2, 0.25) is 0 Å². The van der Waals surface area contributed by atoms with E-state index in [2.05, 4.69) is 19.9 Å². The quantitative estimate of drug-likeness (QED) is 0.836. The number of hydrogen-bond donors (Lipinski definition) is 1. The van der Waals surface area contributed by atoms with Gasteiger partial charge in [0.15, 0.2) is 0 Å². The molecule has 1 N–H and O–H groups in total. The molecule has 2 aliphatic rings. The van der Waals surface area contributed by atoms with Gasteiger partial charge in [0, 0.05) is 31.4 Å². The van der Waals surface area contributed by atoms with Gasteiger partial charge in [-0.3, -0.25) is 9.69 Å². The Bertz CT molecular complexity index is 567. The molecule has 1 amide bonds. The summed E-state index contributed by atoms with van der Waals surface area (Å²) in [5, 5.41) is 2.98. The van der Waals surface area contributed by atoms with Crippen LogP contribution in [-0.2, 0) is 4.74 Å². The summed E-state index contributed by atoms with van der Waals surface area (Å²) in [6.45, 7) is 1.83. The Morgan fingerprint density at radius 3 is 2.65 bits per heavy atom. The van der Waals surface area contributed by atoms with Crippen molar-refractivity contribution in [1.29, 1.82) is 0 Å². The van der Waals surface area contributed by atoms with Gasteiger partial charge in [0.25, 0.3) is 5.91 Å². The maximum absolute atomic E-state index is 12.2. The van der Waals surface area contributed by atoms with E-state index in [1.807, 2.05) is 0 Å². The first-order valence-corrected chi connectivity index (χ1v) is 8.27. The zero-order valence-electron chi connectivity index (χ0n) is 13.5. The van der Waals surface area contributed by atoms with Crippen molar-refractivity contribution in [2.75, 3.05) is 20.2 Å². The first-order chi connectivity index (χ1) is 11.2. The highest BCUT2D eigenvalue weighted by atomic mass is 16.5. The van der Waals surface area contributed by atoms with Crippen LogP contribution in [0.3, 0.4) is 0 Å². The summed E-state index contributed by atoms with van der Waals surface area (Å²) in [5.41, 5.74) is 0.667. The maximum atomic E-state index is 12.2. The van der Waals surface area contributed by atoms with Crippen molar-refractivity contribution < 1.29 is 14.3 Å². The van der Waals surface area contributed by atoms with Crippen molar-refractivity contribution in [2.45, 2.75) is 44.2 Å². The third-order valence-electron chi connectivity index (χ3n) is 4.90. The fourth-order valence-electron chi connectivity index (χ4n) is 3.46.